The van der Waals surface area contributed by atoms with Crippen molar-refractivity contribution < 1.29 is 9.53 Å². The molecule has 0 radical (unpaired) electrons. The van der Waals surface area contributed by atoms with Gasteiger partial charge in [0.1, 0.15) is 5.56 Å². The molecule has 160 valence electrons. The normalized spacial score (nSPS) is 10.7. The van der Waals surface area contributed by atoms with Gasteiger partial charge in [-0.2, -0.15) is 5.10 Å². The fourth-order valence-electron chi connectivity index (χ4n) is 3.56. The Morgan fingerprint density at radius 2 is 1.59 bits per heavy atom. The van der Waals surface area contributed by atoms with Crippen LogP contribution in [0, 0.1) is 0 Å². The topological polar surface area (TPSA) is 61.2 Å². The molecular weight excluding hydrogens is 424 g/mol. The van der Waals surface area contributed by atoms with Gasteiger partial charge >= 0.3 is 5.97 Å². The van der Waals surface area contributed by atoms with Gasteiger partial charge < -0.3 is 4.74 Å². The first-order valence-electron chi connectivity index (χ1n) is 10.3. The van der Waals surface area contributed by atoms with Crippen molar-refractivity contribution in [1.82, 2.24) is 9.78 Å². The van der Waals surface area contributed by atoms with Crippen LogP contribution in [0.25, 0.3) is 22.4 Å². The Balaban J connectivity index is 2.02. The molecule has 5 nitrogen and oxygen atoms in total. The quantitative estimate of drug-likeness (QED) is 0.371. The Labute approximate surface area is 190 Å². The van der Waals surface area contributed by atoms with E-state index in [1.807, 2.05) is 72.8 Å². The lowest BCUT2D eigenvalue weighted by atomic mass is 9.95. The lowest BCUT2D eigenvalue weighted by Crippen LogP contribution is -2.31. The standard InChI is InChI=1S/C26H21ClN2O3/c1-2-32-26(31)23-22(19-11-5-3-6-12-19)24(20-13-7-4-8-14-20)28-29(25(23)30)17-18-10-9-15-21(27)16-18/h3-16H,2,17H2,1H3. The molecule has 3 aromatic carbocycles. The molecule has 1 heterocycles. The summed E-state index contributed by atoms with van der Waals surface area (Å²) in [7, 11) is 0. The Bertz CT molecular complexity index is 1300. The third-order valence-corrected chi connectivity index (χ3v) is 5.20. The van der Waals surface area contributed by atoms with E-state index in [1.54, 1.807) is 19.1 Å². The monoisotopic (exact) mass is 444 g/mol. The minimum Gasteiger partial charge on any atom is -0.462 e. The smallest absolute Gasteiger partial charge is 0.344 e. The number of halogens is 1. The van der Waals surface area contributed by atoms with Gasteiger partial charge in [-0.3, -0.25) is 4.79 Å². The van der Waals surface area contributed by atoms with Gasteiger partial charge in [-0.15, -0.1) is 0 Å². The number of aromatic nitrogens is 2. The first kappa shape index (κ1) is 21.5. The fourth-order valence-corrected chi connectivity index (χ4v) is 3.78. The SMILES string of the molecule is CCOC(=O)c1c(-c2ccccc2)c(-c2ccccc2)nn(Cc2cccc(Cl)c2)c1=O. The second kappa shape index (κ2) is 9.62. The Morgan fingerprint density at radius 3 is 2.22 bits per heavy atom. The van der Waals surface area contributed by atoms with Gasteiger partial charge in [-0.05, 0) is 30.2 Å². The number of nitrogens with zero attached hydrogens (tertiary/aromatic N) is 2. The molecule has 0 aliphatic carbocycles. The number of esters is 1. The van der Waals surface area contributed by atoms with Crippen molar-refractivity contribution in [3.63, 3.8) is 0 Å². The molecule has 4 rings (SSSR count). The van der Waals surface area contributed by atoms with Crippen LogP contribution in [0.5, 0.6) is 0 Å². The lowest BCUT2D eigenvalue weighted by Gasteiger charge is -2.17. The Hall–Kier alpha value is -3.70. The highest BCUT2D eigenvalue weighted by molar-refractivity contribution is 6.30. The highest BCUT2D eigenvalue weighted by Crippen LogP contribution is 2.32. The van der Waals surface area contributed by atoms with Gasteiger partial charge in [-0.25, -0.2) is 9.48 Å². The van der Waals surface area contributed by atoms with Crippen molar-refractivity contribution in [2.24, 2.45) is 0 Å². The predicted molar refractivity (Wildman–Crippen MR) is 126 cm³/mol. The van der Waals surface area contributed by atoms with E-state index in [-0.39, 0.29) is 18.7 Å². The number of carbonyl (C=O) groups is 1. The van der Waals surface area contributed by atoms with Crippen molar-refractivity contribution in [2.45, 2.75) is 13.5 Å². The second-order valence-corrected chi connectivity index (χ2v) is 7.58. The van der Waals surface area contributed by atoms with E-state index in [0.717, 1.165) is 11.1 Å². The largest absolute Gasteiger partial charge is 0.462 e. The maximum atomic E-state index is 13.5. The second-order valence-electron chi connectivity index (χ2n) is 7.14. The average Bonchev–Trinajstić information content (AvgIpc) is 2.81. The Kier molecular flexibility index (Phi) is 6.47. The molecule has 0 saturated heterocycles. The van der Waals surface area contributed by atoms with Gasteiger partial charge in [0.15, 0.2) is 0 Å². The summed E-state index contributed by atoms with van der Waals surface area (Å²) < 4.78 is 6.58. The summed E-state index contributed by atoms with van der Waals surface area (Å²) in [6, 6.07) is 26.0. The molecule has 6 heteroatoms. The van der Waals surface area contributed by atoms with E-state index in [4.69, 9.17) is 21.4 Å². The van der Waals surface area contributed by atoms with Crippen molar-refractivity contribution >= 4 is 17.6 Å². The van der Waals surface area contributed by atoms with Crippen LogP contribution in [0.4, 0.5) is 0 Å². The molecule has 0 aliphatic heterocycles. The van der Waals surface area contributed by atoms with Crippen molar-refractivity contribution in [2.75, 3.05) is 6.61 Å². The van der Waals surface area contributed by atoms with Crippen molar-refractivity contribution in [3.8, 4) is 22.4 Å². The molecule has 0 amide bonds. The molecule has 1 aromatic heterocycles. The number of ether oxygens (including phenoxy) is 1. The van der Waals surface area contributed by atoms with Crippen LogP contribution in [0.1, 0.15) is 22.8 Å². The van der Waals surface area contributed by atoms with Crippen molar-refractivity contribution in [3.05, 3.63) is 111 Å². The van der Waals surface area contributed by atoms with Crippen LogP contribution in [-0.2, 0) is 11.3 Å². The lowest BCUT2D eigenvalue weighted by molar-refractivity contribution is 0.0524. The summed E-state index contributed by atoms with van der Waals surface area (Å²) in [5.41, 5.74) is 2.75. The van der Waals surface area contributed by atoms with Gasteiger partial charge in [0.05, 0.1) is 18.8 Å². The number of benzene rings is 3. The maximum Gasteiger partial charge on any atom is 0.344 e. The molecule has 0 bridgehead atoms. The molecule has 32 heavy (non-hydrogen) atoms. The van der Waals surface area contributed by atoms with Crippen LogP contribution in [0.15, 0.2) is 89.7 Å². The van der Waals surface area contributed by atoms with E-state index in [9.17, 15) is 9.59 Å². The van der Waals surface area contributed by atoms with E-state index in [0.29, 0.717) is 21.8 Å². The van der Waals surface area contributed by atoms with Crippen molar-refractivity contribution in [1.29, 1.82) is 0 Å². The molecule has 0 atom stereocenters. The Morgan fingerprint density at radius 1 is 0.938 bits per heavy atom. The summed E-state index contributed by atoms with van der Waals surface area (Å²) in [5.74, 6) is -0.671. The molecule has 0 aliphatic rings. The summed E-state index contributed by atoms with van der Waals surface area (Å²) in [5, 5.41) is 5.26. The summed E-state index contributed by atoms with van der Waals surface area (Å²) >= 11 is 6.12. The fraction of sp³-hybridized carbons (Fsp3) is 0.115. The minimum absolute atomic E-state index is 0.0334. The third-order valence-electron chi connectivity index (χ3n) is 4.97. The van der Waals surface area contributed by atoms with Crippen LogP contribution in [0.3, 0.4) is 0 Å². The predicted octanol–water partition coefficient (Wildman–Crippen LogP) is 5.46. The molecule has 0 spiro atoms. The summed E-state index contributed by atoms with van der Waals surface area (Å²) in [6.07, 6.45) is 0. The van der Waals surface area contributed by atoms with Gasteiger partial charge in [0, 0.05) is 16.1 Å². The number of rotatable bonds is 6. The number of carbonyl (C=O) groups excluding carboxylic acids is 1. The minimum atomic E-state index is -0.671. The number of hydrogen-bond acceptors (Lipinski definition) is 4. The maximum absolute atomic E-state index is 13.5. The zero-order valence-corrected chi connectivity index (χ0v) is 18.3. The van der Waals surface area contributed by atoms with Gasteiger partial charge in [0.25, 0.3) is 5.56 Å². The van der Waals surface area contributed by atoms with Gasteiger partial charge in [0.2, 0.25) is 0 Å². The third kappa shape index (κ3) is 4.48. The van der Waals surface area contributed by atoms with E-state index in [1.165, 1.54) is 4.68 Å². The molecule has 0 saturated carbocycles. The van der Waals surface area contributed by atoms with Gasteiger partial charge in [-0.1, -0.05) is 84.4 Å². The summed E-state index contributed by atoms with van der Waals surface area (Å²) in [4.78, 5) is 26.5. The molecule has 0 N–H and O–H groups in total. The molecule has 4 aromatic rings. The first-order chi connectivity index (χ1) is 15.6. The average molecular weight is 445 g/mol. The van der Waals surface area contributed by atoms with Crippen LogP contribution >= 0.6 is 11.6 Å². The van der Waals surface area contributed by atoms with E-state index >= 15 is 0 Å². The van der Waals surface area contributed by atoms with Crippen LogP contribution < -0.4 is 5.56 Å². The van der Waals surface area contributed by atoms with Crippen LogP contribution in [-0.4, -0.2) is 22.4 Å². The zero-order valence-electron chi connectivity index (χ0n) is 17.5. The van der Waals surface area contributed by atoms with Crippen LogP contribution in [0.2, 0.25) is 5.02 Å². The zero-order chi connectivity index (χ0) is 22.5. The highest BCUT2D eigenvalue weighted by Gasteiger charge is 2.26. The molecular formula is C26H21ClN2O3. The van der Waals surface area contributed by atoms with E-state index < -0.39 is 11.5 Å². The number of hydrogen-bond donors (Lipinski definition) is 0. The molecule has 0 unspecified atom stereocenters. The highest BCUT2D eigenvalue weighted by atomic mass is 35.5. The first-order valence-corrected chi connectivity index (χ1v) is 10.6. The van der Waals surface area contributed by atoms with E-state index in [2.05, 4.69) is 0 Å². The summed E-state index contributed by atoms with van der Waals surface area (Å²) in [6.45, 7) is 2.04. The molecule has 0 fully saturated rings.